The first-order valence-corrected chi connectivity index (χ1v) is 4.36. The Morgan fingerprint density at radius 1 is 1.58 bits per heavy atom. The van der Waals surface area contributed by atoms with Crippen molar-refractivity contribution in [1.29, 1.82) is 0 Å². The number of aliphatic hydroxyl groups is 1. The van der Waals surface area contributed by atoms with E-state index in [1.165, 1.54) is 0 Å². The Balaban J connectivity index is 4.03. The van der Waals surface area contributed by atoms with E-state index >= 15 is 0 Å². The SMILES string of the molecule is CCC(C)(C)C(=O)N[C@H](C)CO. The highest BCUT2D eigenvalue weighted by atomic mass is 16.3. The molecule has 1 amide bonds. The highest BCUT2D eigenvalue weighted by Crippen LogP contribution is 2.19. The summed E-state index contributed by atoms with van der Waals surface area (Å²) in [5, 5.41) is 11.4. The van der Waals surface area contributed by atoms with Gasteiger partial charge in [-0.25, -0.2) is 0 Å². The van der Waals surface area contributed by atoms with E-state index in [1.807, 2.05) is 20.8 Å². The van der Waals surface area contributed by atoms with Crippen molar-refractivity contribution in [1.82, 2.24) is 5.32 Å². The number of hydrogen-bond acceptors (Lipinski definition) is 2. The second kappa shape index (κ2) is 4.45. The lowest BCUT2D eigenvalue weighted by Crippen LogP contribution is -2.42. The molecule has 3 heteroatoms. The molecule has 0 spiro atoms. The van der Waals surface area contributed by atoms with Gasteiger partial charge in [-0.05, 0) is 13.3 Å². The van der Waals surface area contributed by atoms with Gasteiger partial charge >= 0.3 is 0 Å². The van der Waals surface area contributed by atoms with Crippen LogP contribution in [-0.2, 0) is 4.79 Å². The Kier molecular flexibility index (Phi) is 4.24. The van der Waals surface area contributed by atoms with E-state index < -0.39 is 0 Å². The van der Waals surface area contributed by atoms with Gasteiger partial charge in [0.1, 0.15) is 0 Å². The predicted molar refractivity (Wildman–Crippen MR) is 48.8 cm³/mol. The summed E-state index contributed by atoms with van der Waals surface area (Å²) >= 11 is 0. The van der Waals surface area contributed by atoms with Crippen LogP contribution in [0.3, 0.4) is 0 Å². The van der Waals surface area contributed by atoms with Gasteiger partial charge in [-0.3, -0.25) is 4.79 Å². The Labute approximate surface area is 74.2 Å². The molecule has 3 nitrogen and oxygen atoms in total. The number of carbonyl (C=O) groups excluding carboxylic acids is 1. The third-order valence-electron chi connectivity index (χ3n) is 2.15. The highest BCUT2D eigenvalue weighted by molar-refractivity contribution is 5.81. The van der Waals surface area contributed by atoms with E-state index in [0.717, 1.165) is 6.42 Å². The van der Waals surface area contributed by atoms with Crippen LogP contribution in [0.5, 0.6) is 0 Å². The van der Waals surface area contributed by atoms with Crippen LogP contribution in [0.25, 0.3) is 0 Å². The first-order valence-electron chi connectivity index (χ1n) is 4.36. The smallest absolute Gasteiger partial charge is 0.225 e. The monoisotopic (exact) mass is 173 g/mol. The predicted octanol–water partition coefficient (Wildman–Crippen LogP) is 0.920. The topological polar surface area (TPSA) is 49.3 Å². The number of nitrogens with one attached hydrogen (secondary N) is 1. The van der Waals surface area contributed by atoms with Crippen molar-refractivity contribution < 1.29 is 9.90 Å². The van der Waals surface area contributed by atoms with Crippen molar-refractivity contribution >= 4 is 5.91 Å². The summed E-state index contributed by atoms with van der Waals surface area (Å²) in [6.45, 7) is 7.54. The average molecular weight is 173 g/mol. The van der Waals surface area contributed by atoms with E-state index in [9.17, 15) is 4.79 Å². The molecule has 1 atom stereocenters. The van der Waals surface area contributed by atoms with Crippen molar-refractivity contribution in [3.05, 3.63) is 0 Å². The van der Waals surface area contributed by atoms with Gasteiger partial charge in [0.2, 0.25) is 5.91 Å². The van der Waals surface area contributed by atoms with Crippen molar-refractivity contribution in [3.8, 4) is 0 Å². The molecule has 2 N–H and O–H groups in total. The number of amides is 1. The zero-order chi connectivity index (χ0) is 9.78. The van der Waals surface area contributed by atoms with Crippen LogP contribution in [0.15, 0.2) is 0 Å². The summed E-state index contributed by atoms with van der Waals surface area (Å²) in [6.07, 6.45) is 0.803. The maximum atomic E-state index is 11.4. The lowest BCUT2D eigenvalue weighted by atomic mass is 9.89. The molecule has 0 bridgehead atoms. The van der Waals surface area contributed by atoms with E-state index in [1.54, 1.807) is 6.92 Å². The third kappa shape index (κ3) is 3.22. The molecule has 0 saturated carbocycles. The van der Waals surface area contributed by atoms with Crippen LogP contribution < -0.4 is 5.32 Å². The largest absolute Gasteiger partial charge is 0.394 e. The number of carbonyl (C=O) groups is 1. The van der Waals surface area contributed by atoms with E-state index in [2.05, 4.69) is 5.32 Å². The standard InChI is InChI=1S/C9H19NO2/c1-5-9(3,4)8(12)10-7(2)6-11/h7,11H,5-6H2,1-4H3,(H,10,12)/t7-/m1/s1. The summed E-state index contributed by atoms with van der Waals surface area (Å²) in [5.74, 6) is 0.00606. The average Bonchev–Trinajstić information content (AvgIpc) is 2.04. The molecule has 0 heterocycles. The Hall–Kier alpha value is -0.570. The molecule has 0 aromatic carbocycles. The fourth-order valence-electron chi connectivity index (χ4n) is 0.625. The van der Waals surface area contributed by atoms with Gasteiger partial charge < -0.3 is 10.4 Å². The number of rotatable bonds is 4. The van der Waals surface area contributed by atoms with Gasteiger partial charge in [0, 0.05) is 11.5 Å². The summed E-state index contributed by atoms with van der Waals surface area (Å²) in [6, 6.07) is -0.150. The lowest BCUT2D eigenvalue weighted by molar-refractivity contribution is -0.130. The highest BCUT2D eigenvalue weighted by Gasteiger charge is 2.25. The van der Waals surface area contributed by atoms with Gasteiger partial charge in [0.15, 0.2) is 0 Å². The summed E-state index contributed by atoms with van der Waals surface area (Å²) in [4.78, 5) is 11.4. The molecular formula is C9H19NO2. The molecule has 0 radical (unpaired) electrons. The zero-order valence-corrected chi connectivity index (χ0v) is 8.35. The summed E-state index contributed by atoms with van der Waals surface area (Å²) in [7, 11) is 0. The van der Waals surface area contributed by atoms with Crippen LogP contribution in [0, 0.1) is 5.41 Å². The van der Waals surface area contributed by atoms with Gasteiger partial charge in [0.05, 0.1) is 6.61 Å². The molecule has 12 heavy (non-hydrogen) atoms. The van der Waals surface area contributed by atoms with Crippen LogP contribution in [-0.4, -0.2) is 23.7 Å². The minimum Gasteiger partial charge on any atom is -0.394 e. The molecule has 0 fully saturated rings. The normalized spacial score (nSPS) is 14.1. The van der Waals surface area contributed by atoms with Crippen molar-refractivity contribution in [2.75, 3.05) is 6.61 Å². The van der Waals surface area contributed by atoms with Gasteiger partial charge in [-0.15, -0.1) is 0 Å². The van der Waals surface area contributed by atoms with Gasteiger partial charge in [-0.2, -0.15) is 0 Å². The number of hydrogen-bond donors (Lipinski definition) is 2. The Morgan fingerprint density at radius 2 is 2.08 bits per heavy atom. The molecular weight excluding hydrogens is 154 g/mol. The van der Waals surface area contributed by atoms with Crippen LogP contribution >= 0.6 is 0 Å². The Morgan fingerprint density at radius 3 is 2.42 bits per heavy atom. The quantitative estimate of drug-likeness (QED) is 0.664. The van der Waals surface area contributed by atoms with Crippen LogP contribution in [0.1, 0.15) is 34.1 Å². The van der Waals surface area contributed by atoms with E-state index in [-0.39, 0.29) is 24.0 Å². The molecule has 0 saturated heterocycles. The van der Waals surface area contributed by atoms with Crippen molar-refractivity contribution in [2.24, 2.45) is 5.41 Å². The fraction of sp³-hybridized carbons (Fsp3) is 0.889. The molecule has 0 rings (SSSR count). The first kappa shape index (κ1) is 11.4. The van der Waals surface area contributed by atoms with Crippen LogP contribution in [0.2, 0.25) is 0 Å². The lowest BCUT2D eigenvalue weighted by Gasteiger charge is -2.23. The second-order valence-corrected chi connectivity index (χ2v) is 3.79. The third-order valence-corrected chi connectivity index (χ3v) is 2.15. The number of aliphatic hydroxyl groups excluding tert-OH is 1. The van der Waals surface area contributed by atoms with E-state index in [4.69, 9.17) is 5.11 Å². The van der Waals surface area contributed by atoms with Crippen molar-refractivity contribution in [3.63, 3.8) is 0 Å². The maximum absolute atomic E-state index is 11.4. The Bertz CT molecular complexity index is 155. The summed E-state index contributed by atoms with van der Waals surface area (Å²) < 4.78 is 0. The van der Waals surface area contributed by atoms with E-state index in [0.29, 0.717) is 0 Å². The molecule has 0 aliphatic rings. The fourth-order valence-corrected chi connectivity index (χ4v) is 0.625. The second-order valence-electron chi connectivity index (χ2n) is 3.79. The molecule has 0 aromatic heterocycles. The van der Waals surface area contributed by atoms with Gasteiger partial charge in [0.25, 0.3) is 0 Å². The minimum absolute atomic E-state index is 0.00606. The van der Waals surface area contributed by atoms with Crippen molar-refractivity contribution in [2.45, 2.75) is 40.2 Å². The maximum Gasteiger partial charge on any atom is 0.225 e. The molecule has 0 unspecified atom stereocenters. The molecule has 72 valence electrons. The van der Waals surface area contributed by atoms with Gasteiger partial charge in [-0.1, -0.05) is 20.8 Å². The zero-order valence-electron chi connectivity index (χ0n) is 8.35. The molecule has 0 aliphatic heterocycles. The first-order chi connectivity index (χ1) is 5.44. The van der Waals surface area contributed by atoms with Crippen LogP contribution in [0.4, 0.5) is 0 Å². The summed E-state index contributed by atoms with van der Waals surface area (Å²) in [5.41, 5.74) is -0.330. The molecule has 0 aliphatic carbocycles. The minimum atomic E-state index is -0.330. The molecule has 0 aromatic rings.